The summed E-state index contributed by atoms with van der Waals surface area (Å²) in [5.41, 5.74) is 15.1. The van der Waals surface area contributed by atoms with E-state index in [0.717, 1.165) is 23.4 Å². The molecule has 0 bridgehead atoms. The average molecular weight is 630 g/mol. The van der Waals surface area contributed by atoms with E-state index in [2.05, 4.69) is 151 Å². The van der Waals surface area contributed by atoms with Gasteiger partial charge in [0.15, 0.2) is 0 Å². The Balaban J connectivity index is 0.00000172. The van der Waals surface area contributed by atoms with Crippen molar-refractivity contribution in [2.45, 2.75) is 27.2 Å². The third-order valence-electron chi connectivity index (χ3n) is 9.07. The van der Waals surface area contributed by atoms with Gasteiger partial charge in [0.25, 0.3) is 0 Å². The Morgan fingerprint density at radius 3 is 2.30 bits per heavy atom. The van der Waals surface area contributed by atoms with E-state index < -0.39 is 0 Å². The summed E-state index contributed by atoms with van der Waals surface area (Å²) in [6, 6.07) is 28.8. The van der Waals surface area contributed by atoms with Gasteiger partial charge in [0.05, 0.1) is 16.7 Å². The number of hydrogen-bond donors (Lipinski definition) is 1. The Kier molecular flexibility index (Phi) is 8.28. The van der Waals surface area contributed by atoms with E-state index in [1.807, 2.05) is 31.3 Å². The summed E-state index contributed by atoms with van der Waals surface area (Å²) in [5, 5.41) is 5.08. The molecule has 1 aliphatic carbocycles. The molecule has 47 heavy (non-hydrogen) atoms. The zero-order valence-electron chi connectivity index (χ0n) is 27.2. The molecule has 232 valence electrons. The first-order chi connectivity index (χ1) is 23.2. The topological polar surface area (TPSA) is 34.2 Å². The maximum absolute atomic E-state index is 5.71. The first-order valence-electron chi connectivity index (χ1n) is 16.4. The molecule has 3 heterocycles. The second kappa shape index (κ2) is 12.8. The third-order valence-corrected chi connectivity index (χ3v) is 10.3. The van der Waals surface area contributed by atoms with Crippen LogP contribution in [0.1, 0.15) is 32.8 Å². The number of nitrogens with zero attached hydrogens (tertiary/aromatic N) is 2. The Morgan fingerprint density at radius 1 is 0.872 bits per heavy atom. The van der Waals surface area contributed by atoms with Gasteiger partial charge in [-0.25, -0.2) is 0 Å². The van der Waals surface area contributed by atoms with Crippen molar-refractivity contribution >= 4 is 64.6 Å². The summed E-state index contributed by atoms with van der Waals surface area (Å²) in [6.45, 7) is 10.6. The SMILES string of the molecule is C=C1/C=C\C=C/N(C2=CCC(C(/C=C\N)=C/C)C=C2)c2ccc3c(sc4ccc(-n5c6ccccc6c6ccccc65)cc43)c21.CC. The predicted molar refractivity (Wildman–Crippen MR) is 207 cm³/mol. The second-order valence-electron chi connectivity index (χ2n) is 11.6. The molecule has 3 nitrogen and oxygen atoms in total. The fraction of sp³-hybridized carbons (Fsp3) is 0.116. The highest BCUT2D eigenvalue weighted by atomic mass is 32.1. The summed E-state index contributed by atoms with van der Waals surface area (Å²) in [6.07, 6.45) is 22.0. The van der Waals surface area contributed by atoms with Crippen LogP contribution < -0.4 is 10.6 Å². The highest BCUT2D eigenvalue weighted by Crippen LogP contribution is 2.45. The lowest BCUT2D eigenvalue weighted by Gasteiger charge is -2.29. The number of hydrogen-bond acceptors (Lipinski definition) is 3. The Labute approximate surface area is 280 Å². The number of para-hydroxylation sites is 2. The largest absolute Gasteiger partial charge is 0.405 e. The van der Waals surface area contributed by atoms with E-state index in [4.69, 9.17) is 5.73 Å². The van der Waals surface area contributed by atoms with Gasteiger partial charge in [-0.2, -0.15) is 0 Å². The fourth-order valence-corrected chi connectivity index (χ4v) is 8.21. The molecule has 2 aromatic heterocycles. The second-order valence-corrected chi connectivity index (χ2v) is 12.6. The molecule has 6 aromatic rings. The summed E-state index contributed by atoms with van der Waals surface area (Å²) in [5.74, 6) is 0.320. The lowest BCUT2D eigenvalue weighted by Crippen LogP contribution is -2.18. The standard InChI is InChI=1S/C41H33N3S.C2H6/c1-3-28(23-24-42)29-15-17-30(18-16-29)43-25-9-8-10-27(2)40-38(43)21-20-34-35-26-31(19-22-39(35)45-41(34)40)44-36-13-6-4-11-32(36)33-12-5-7-14-37(33)44;1-2/h3-15,17-26,29H,2,16,42H2,1H3;1-2H3/b10-8-,24-23-,25-9-,28-3+;. The van der Waals surface area contributed by atoms with Gasteiger partial charge in [0.1, 0.15) is 0 Å². The van der Waals surface area contributed by atoms with Crippen LogP contribution in [0.2, 0.25) is 0 Å². The van der Waals surface area contributed by atoms with Crippen LogP contribution in [0.3, 0.4) is 0 Å². The van der Waals surface area contributed by atoms with Crippen molar-refractivity contribution in [1.29, 1.82) is 0 Å². The molecule has 0 amide bonds. The summed E-state index contributed by atoms with van der Waals surface area (Å²) in [7, 11) is 0. The lowest BCUT2D eigenvalue weighted by molar-refractivity contribution is 0.774. The van der Waals surface area contributed by atoms with Crippen molar-refractivity contribution in [3.05, 3.63) is 163 Å². The van der Waals surface area contributed by atoms with E-state index >= 15 is 0 Å². The number of aromatic nitrogens is 1. The van der Waals surface area contributed by atoms with Crippen molar-refractivity contribution < 1.29 is 0 Å². The number of rotatable bonds is 4. The maximum Gasteiger partial charge on any atom is 0.0548 e. The molecule has 2 N–H and O–H groups in total. The van der Waals surface area contributed by atoms with Gasteiger partial charge in [0.2, 0.25) is 0 Å². The first-order valence-corrected chi connectivity index (χ1v) is 17.2. The molecule has 0 radical (unpaired) electrons. The fourth-order valence-electron chi connectivity index (χ4n) is 6.94. The number of benzene rings is 4. The van der Waals surface area contributed by atoms with Gasteiger partial charge in [-0.1, -0.05) is 93.3 Å². The number of anilines is 1. The summed E-state index contributed by atoms with van der Waals surface area (Å²) in [4.78, 5) is 2.30. The number of allylic oxidation sites excluding steroid dienone is 10. The minimum Gasteiger partial charge on any atom is -0.405 e. The van der Waals surface area contributed by atoms with Crippen LogP contribution in [0.15, 0.2) is 158 Å². The van der Waals surface area contributed by atoms with Crippen LogP contribution in [-0.2, 0) is 0 Å². The first kappa shape index (κ1) is 30.3. The van der Waals surface area contributed by atoms with Crippen LogP contribution >= 0.6 is 11.3 Å². The van der Waals surface area contributed by atoms with Crippen molar-refractivity contribution in [2.75, 3.05) is 4.90 Å². The number of nitrogens with two attached hydrogens (primary N) is 1. The van der Waals surface area contributed by atoms with Gasteiger partial charge in [-0.3, -0.25) is 0 Å². The summed E-state index contributed by atoms with van der Waals surface area (Å²) >= 11 is 1.85. The van der Waals surface area contributed by atoms with Gasteiger partial charge in [0, 0.05) is 60.0 Å². The van der Waals surface area contributed by atoms with Crippen LogP contribution in [0.5, 0.6) is 0 Å². The molecule has 0 saturated heterocycles. The molecular weight excluding hydrogens is 591 g/mol. The monoisotopic (exact) mass is 629 g/mol. The molecule has 2 aliphatic rings. The van der Waals surface area contributed by atoms with Crippen LogP contribution in [0.25, 0.3) is 53.2 Å². The summed E-state index contributed by atoms with van der Waals surface area (Å²) < 4.78 is 4.93. The van der Waals surface area contributed by atoms with Crippen molar-refractivity contribution in [2.24, 2.45) is 11.7 Å². The Hall–Kier alpha value is -5.32. The molecule has 8 rings (SSSR count). The smallest absolute Gasteiger partial charge is 0.0548 e. The molecule has 1 atom stereocenters. The van der Waals surface area contributed by atoms with Crippen LogP contribution in [-0.4, -0.2) is 4.57 Å². The highest BCUT2D eigenvalue weighted by molar-refractivity contribution is 7.26. The average Bonchev–Trinajstić information content (AvgIpc) is 3.65. The molecular formula is C43H39N3S. The van der Waals surface area contributed by atoms with E-state index in [0.29, 0.717) is 5.92 Å². The van der Waals surface area contributed by atoms with E-state index in [1.54, 1.807) is 6.20 Å². The van der Waals surface area contributed by atoms with Crippen molar-refractivity contribution in [3.8, 4) is 5.69 Å². The molecule has 1 aliphatic heterocycles. The zero-order valence-corrected chi connectivity index (χ0v) is 28.0. The molecule has 0 fully saturated rings. The molecule has 4 heteroatoms. The van der Waals surface area contributed by atoms with Crippen molar-refractivity contribution in [3.63, 3.8) is 0 Å². The highest BCUT2D eigenvalue weighted by Gasteiger charge is 2.22. The van der Waals surface area contributed by atoms with Gasteiger partial charge in [-0.15, -0.1) is 11.3 Å². The predicted octanol–water partition coefficient (Wildman–Crippen LogP) is 12.0. The third kappa shape index (κ3) is 5.15. The molecule has 0 saturated carbocycles. The van der Waals surface area contributed by atoms with Crippen molar-refractivity contribution in [1.82, 2.24) is 4.57 Å². The minimum atomic E-state index is 0.320. The van der Waals surface area contributed by atoms with Crippen LogP contribution in [0, 0.1) is 5.92 Å². The number of thiophene rings is 1. The number of fused-ring (bicyclic) bond motifs is 8. The quantitative estimate of drug-likeness (QED) is 0.197. The van der Waals surface area contributed by atoms with Gasteiger partial charge < -0.3 is 15.2 Å². The van der Waals surface area contributed by atoms with Crippen LogP contribution in [0.4, 0.5) is 5.69 Å². The zero-order chi connectivity index (χ0) is 32.5. The molecule has 1 unspecified atom stereocenters. The minimum absolute atomic E-state index is 0.320. The van der Waals surface area contributed by atoms with E-state index in [9.17, 15) is 0 Å². The normalized spacial score (nSPS) is 17.9. The Bertz CT molecular complexity index is 2300. The molecule has 0 spiro atoms. The van der Waals surface area contributed by atoms with E-state index in [-0.39, 0.29) is 0 Å². The van der Waals surface area contributed by atoms with E-state index in [1.165, 1.54) is 58.8 Å². The molecule has 4 aromatic carbocycles. The lowest BCUT2D eigenvalue weighted by atomic mass is 9.90. The van der Waals surface area contributed by atoms with Gasteiger partial charge in [-0.05, 0) is 85.3 Å². The van der Waals surface area contributed by atoms with Gasteiger partial charge >= 0.3 is 0 Å². The maximum atomic E-state index is 5.71. The Morgan fingerprint density at radius 2 is 1.62 bits per heavy atom.